The molecule has 0 spiro atoms. The van der Waals surface area contributed by atoms with Crippen molar-refractivity contribution in [2.24, 2.45) is 10.8 Å². The summed E-state index contributed by atoms with van der Waals surface area (Å²) in [6, 6.07) is 1.94. The molecule has 0 atom stereocenters. The Bertz CT molecular complexity index is 558. The van der Waals surface area contributed by atoms with Gasteiger partial charge in [0.2, 0.25) is 0 Å². The fraction of sp³-hybridized carbons (Fsp3) is 0.111. The van der Waals surface area contributed by atoms with E-state index in [1.165, 1.54) is 0 Å². The van der Waals surface area contributed by atoms with Gasteiger partial charge in [-0.15, -0.1) is 0 Å². The van der Waals surface area contributed by atoms with E-state index < -0.39 is 0 Å². The van der Waals surface area contributed by atoms with Gasteiger partial charge in [-0.3, -0.25) is 10.5 Å². The normalized spacial score (nSPS) is 11.1. The van der Waals surface area contributed by atoms with Crippen LogP contribution in [-0.2, 0) is 0 Å². The Morgan fingerprint density at radius 1 is 1.69 bits per heavy atom. The molecule has 0 aliphatic heterocycles. The molecule has 2 aromatic rings. The predicted octanol–water partition coefficient (Wildman–Crippen LogP) is 0.433. The summed E-state index contributed by atoms with van der Waals surface area (Å²) in [6.07, 6.45) is 3.27. The summed E-state index contributed by atoms with van der Waals surface area (Å²) in [5, 5.41) is 11.8. The second kappa shape index (κ2) is 4.23. The van der Waals surface area contributed by atoms with Crippen molar-refractivity contribution < 1.29 is 0 Å². The molecule has 0 bridgehead atoms. The molecule has 0 saturated heterocycles. The van der Waals surface area contributed by atoms with Gasteiger partial charge >= 0.3 is 0 Å². The fourth-order valence-corrected chi connectivity index (χ4v) is 1.33. The third kappa shape index (κ3) is 2.14. The van der Waals surface area contributed by atoms with Crippen LogP contribution in [0.15, 0.2) is 17.4 Å². The van der Waals surface area contributed by atoms with E-state index in [1.54, 1.807) is 12.4 Å². The molecule has 0 aromatic carbocycles. The molecule has 6 nitrogen and oxygen atoms in total. The highest BCUT2D eigenvalue weighted by Gasteiger charge is 2.02. The number of nitrogens with two attached hydrogens (primary N) is 1. The maximum absolute atomic E-state index is 5.23. The number of aromatic nitrogens is 3. The lowest BCUT2D eigenvalue weighted by Gasteiger charge is -1.95. The van der Waals surface area contributed by atoms with Gasteiger partial charge in [0, 0.05) is 22.8 Å². The summed E-state index contributed by atoms with van der Waals surface area (Å²) in [6.45, 7) is 1.94. The van der Waals surface area contributed by atoms with Crippen LogP contribution in [0.2, 0.25) is 0 Å². The van der Waals surface area contributed by atoms with Crippen LogP contribution in [0.1, 0.15) is 11.3 Å². The zero-order chi connectivity index (χ0) is 11.5. The minimum absolute atomic E-state index is 0.129. The Balaban J connectivity index is 2.28. The van der Waals surface area contributed by atoms with Crippen molar-refractivity contribution in [3.8, 4) is 0 Å². The minimum Gasteiger partial charge on any atom is -0.375 e. The van der Waals surface area contributed by atoms with Crippen molar-refractivity contribution in [2.45, 2.75) is 6.92 Å². The molecule has 0 amide bonds. The fourth-order valence-electron chi connectivity index (χ4n) is 1.28. The van der Waals surface area contributed by atoms with Crippen molar-refractivity contribution in [3.63, 3.8) is 0 Å². The van der Waals surface area contributed by atoms with Gasteiger partial charge in [-0.05, 0) is 25.2 Å². The molecule has 0 aliphatic carbocycles. The van der Waals surface area contributed by atoms with Crippen LogP contribution in [-0.4, -0.2) is 26.5 Å². The van der Waals surface area contributed by atoms with E-state index in [0.29, 0.717) is 5.65 Å². The van der Waals surface area contributed by atoms with Crippen molar-refractivity contribution in [1.82, 2.24) is 20.6 Å². The molecule has 0 aliphatic rings. The summed E-state index contributed by atoms with van der Waals surface area (Å²) in [4.78, 5) is 4.17. The smallest absolute Gasteiger partial charge is 0.184 e. The van der Waals surface area contributed by atoms with Crippen LogP contribution in [0.4, 0.5) is 0 Å². The van der Waals surface area contributed by atoms with Crippen molar-refractivity contribution >= 4 is 34.6 Å². The van der Waals surface area contributed by atoms with Gasteiger partial charge in [0.1, 0.15) is 0 Å². The Hall–Kier alpha value is -2.02. The van der Waals surface area contributed by atoms with E-state index in [-0.39, 0.29) is 5.11 Å². The zero-order valence-corrected chi connectivity index (χ0v) is 9.38. The monoisotopic (exact) mass is 234 g/mol. The summed E-state index contributed by atoms with van der Waals surface area (Å²) in [5.41, 5.74) is 10.2. The van der Waals surface area contributed by atoms with Crippen LogP contribution >= 0.6 is 12.2 Å². The Morgan fingerprint density at radius 3 is 3.25 bits per heavy atom. The Morgan fingerprint density at radius 2 is 2.50 bits per heavy atom. The molecule has 0 saturated carbocycles. The molecule has 2 heterocycles. The third-order valence-electron chi connectivity index (χ3n) is 2.01. The molecular weight excluding hydrogens is 224 g/mol. The van der Waals surface area contributed by atoms with E-state index >= 15 is 0 Å². The Kier molecular flexibility index (Phi) is 2.78. The van der Waals surface area contributed by atoms with Crippen molar-refractivity contribution in [2.75, 3.05) is 0 Å². The topological polar surface area (TPSA) is 92.0 Å². The van der Waals surface area contributed by atoms with Gasteiger partial charge in [-0.2, -0.15) is 10.2 Å². The van der Waals surface area contributed by atoms with Gasteiger partial charge in [0.15, 0.2) is 10.8 Å². The van der Waals surface area contributed by atoms with E-state index in [4.69, 9.17) is 5.73 Å². The number of thiocarbonyl (C=S) groups is 1. The summed E-state index contributed by atoms with van der Waals surface area (Å²) in [7, 11) is 0. The first kappa shape index (κ1) is 10.5. The second-order valence-electron chi connectivity index (χ2n) is 3.22. The molecular formula is C9H10N6S. The number of pyridine rings is 1. The lowest BCUT2D eigenvalue weighted by molar-refractivity contribution is 1.04. The van der Waals surface area contributed by atoms with Crippen LogP contribution in [0, 0.1) is 6.92 Å². The average Bonchev–Trinajstić information content (AvgIpc) is 2.60. The van der Waals surface area contributed by atoms with Crippen molar-refractivity contribution in [3.05, 3.63) is 23.5 Å². The van der Waals surface area contributed by atoms with Crippen LogP contribution in [0.25, 0.3) is 11.0 Å². The van der Waals surface area contributed by atoms with Gasteiger partial charge in [0.05, 0.1) is 6.21 Å². The van der Waals surface area contributed by atoms with E-state index in [0.717, 1.165) is 16.6 Å². The van der Waals surface area contributed by atoms with Crippen LogP contribution in [0.5, 0.6) is 0 Å². The maximum atomic E-state index is 5.23. The molecule has 2 aromatic heterocycles. The first-order chi connectivity index (χ1) is 7.66. The van der Waals surface area contributed by atoms with E-state index in [9.17, 15) is 0 Å². The predicted molar refractivity (Wildman–Crippen MR) is 66.1 cm³/mol. The minimum atomic E-state index is 0.129. The molecule has 0 unspecified atom stereocenters. The second-order valence-corrected chi connectivity index (χ2v) is 3.66. The lowest BCUT2D eigenvalue weighted by atomic mass is 10.2. The summed E-state index contributed by atoms with van der Waals surface area (Å²) < 4.78 is 0. The number of nitrogens with zero attached hydrogens (tertiary/aromatic N) is 3. The third-order valence-corrected chi connectivity index (χ3v) is 2.10. The number of hydrogen-bond acceptors (Lipinski definition) is 4. The molecule has 7 heteroatoms. The van der Waals surface area contributed by atoms with Crippen molar-refractivity contribution in [1.29, 1.82) is 0 Å². The number of H-pyrrole nitrogens is 1. The number of aryl methyl sites for hydroxylation is 1. The highest BCUT2D eigenvalue weighted by atomic mass is 32.1. The highest BCUT2D eigenvalue weighted by molar-refractivity contribution is 7.80. The van der Waals surface area contributed by atoms with Gasteiger partial charge < -0.3 is 5.73 Å². The molecule has 82 valence electrons. The molecule has 16 heavy (non-hydrogen) atoms. The lowest BCUT2D eigenvalue weighted by Crippen LogP contribution is -2.23. The maximum Gasteiger partial charge on any atom is 0.184 e. The van der Waals surface area contributed by atoms with E-state index in [2.05, 4.69) is 37.9 Å². The van der Waals surface area contributed by atoms with Gasteiger partial charge in [-0.1, -0.05) is 0 Å². The first-order valence-corrected chi connectivity index (χ1v) is 4.97. The van der Waals surface area contributed by atoms with Gasteiger partial charge in [-0.25, -0.2) is 4.98 Å². The zero-order valence-electron chi connectivity index (χ0n) is 8.56. The first-order valence-electron chi connectivity index (χ1n) is 4.56. The number of fused-ring (bicyclic) bond motifs is 1. The standard InChI is InChI=1S/C9H10N6S/c1-5-7-2-6(4-12-15-9(10)16)3-11-8(7)14-13-5/h2-4H,1H3,(H3,10,15,16)(H,11,13,14). The quantitative estimate of drug-likeness (QED) is 0.398. The molecule has 4 N–H and O–H groups in total. The summed E-state index contributed by atoms with van der Waals surface area (Å²) >= 11 is 4.62. The van der Waals surface area contributed by atoms with Crippen LogP contribution in [0.3, 0.4) is 0 Å². The molecule has 2 rings (SSSR count). The van der Waals surface area contributed by atoms with Crippen LogP contribution < -0.4 is 11.2 Å². The van der Waals surface area contributed by atoms with E-state index in [1.807, 2.05) is 13.0 Å². The Labute approximate surface area is 96.9 Å². The van der Waals surface area contributed by atoms with Gasteiger partial charge in [0.25, 0.3) is 0 Å². The average molecular weight is 234 g/mol. The largest absolute Gasteiger partial charge is 0.375 e. The number of aromatic amines is 1. The summed E-state index contributed by atoms with van der Waals surface area (Å²) in [5.74, 6) is 0. The number of hydrazone groups is 1. The highest BCUT2D eigenvalue weighted by Crippen LogP contribution is 2.13. The number of hydrogen-bond donors (Lipinski definition) is 3. The SMILES string of the molecule is Cc1[nH]nc2ncc(C=NNC(N)=S)cc12. The number of rotatable bonds is 2. The molecule has 0 fully saturated rings. The number of nitrogens with one attached hydrogen (secondary N) is 2. The molecule has 0 radical (unpaired) electrons.